The molecule has 3 rings (SSSR count). The smallest absolute Gasteiger partial charge is 0.326 e. The standard InChI is InChI=1S/C22H25N3O4/c1-5-9-25-15(3)10-18(16(25)4)19(26)12-29-20(27)11-24-13-23-21-14(2)7-6-8-17(21)22(24)28/h6-8,10,13H,5,9,11-12H2,1-4H3. The predicted octanol–water partition coefficient (Wildman–Crippen LogP) is 2.96. The Hall–Kier alpha value is -3.22. The molecule has 0 saturated carbocycles. The zero-order chi connectivity index (χ0) is 21.1. The number of carbonyl (C=O) groups is 2. The molecule has 0 aliphatic heterocycles. The Bertz CT molecular complexity index is 1140. The molecule has 7 heteroatoms. The summed E-state index contributed by atoms with van der Waals surface area (Å²) >= 11 is 0. The number of aryl methyl sites for hydroxylation is 2. The van der Waals surface area contributed by atoms with Crippen molar-refractivity contribution in [1.82, 2.24) is 14.1 Å². The van der Waals surface area contributed by atoms with Crippen molar-refractivity contribution in [1.29, 1.82) is 0 Å². The Morgan fingerprint density at radius 1 is 1.17 bits per heavy atom. The number of fused-ring (bicyclic) bond motifs is 1. The molecule has 0 N–H and O–H groups in total. The number of esters is 1. The lowest BCUT2D eigenvalue weighted by Gasteiger charge is -2.09. The van der Waals surface area contributed by atoms with Gasteiger partial charge in [-0.1, -0.05) is 19.1 Å². The molecule has 3 aromatic rings. The average molecular weight is 395 g/mol. The fraction of sp³-hybridized carbons (Fsp3) is 0.364. The van der Waals surface area contributed by atoms with Gasteiger partial charge in [0.1, 0.15) is 6.54 Å². The first kappa shape index (κ1) is 20.5. The van der Waals surface area contributed by atoms with Gasteiger partial charge in [-0.05, 0) is 44.9 Å². The number of rotatable bonds is 7. The third kappa shape index (κ3) is 4.13. The highest BCUT2D eigenvalue weighted by Gasteiger charge is 2.17. The van der Waals surface area contributed by atoms with E-state index < -0.39 is 5.97 Å². The zero-order valence-electron chi connectivity index (χ0n) is 17.2. The number of para-hydroxylation sites is 1. The summed E-state index contributed by atoms with van der Waals surface area (Å²) < 4.78 is 8.41. The summed E-state index contributed by atoms with van der Waals surface area (Å²) in [6.07, 6.45) is 2.30. The molecule has 0 aliphatic rings. The van der Waals surface area contributed by atoms with Crippen LogP contribution in [0, 0.1) is 20.8 Å². The topological polar surface area (TPSA) is 83.2 Å². The number of aromatic nitrogens is 3. The van der Waals surface area contributed by atoms with Crippen LogP contribution < -0.4 is 5.56 Å². The zero-order valence-corrected chi connectivity index (χ0v) is 17.2. The van der Waals surface area contributed by atoms with Crippen LogP contribution in [0.2, 0.25) is 0 Å². The SMILES string of the molecule is CCCn1c(C)cc(C(=O)COC(=O)Cn2cnc3c(C)cccc3c2=O)c1C. The van der Waals surface area contributed by atoms with Gasteiger partial charge in [-0.15, -0.1) is 0 Å². The van der Waals surface area contributed by atoms with Crippen molar-refractivity contribution in [2.24, 2.45) is 0 Å². The maximum Gasteiger partial charge on any atom is 0.326 e. The van der Waals surface area contributed by atoms with Crippen molar-refractivity contribution < 1.29 is 14.3 Å². The largest absolute Gasteiger partial charge is 0.456 e. The van der Waals surface area contributed by atoms with Crippen LogP contribution in [0.5, 0.6) is 0 Å². The third-order valence-corrected chi connectivity index (χ3v) is 5.04. The minimum absolute atomic E-state index is 0.256. The highest BCUT2D eigenvalue weighted by molar-refractivity contribution is 5.99. The van der Waals surface area contributed by atoms with E-state index in [1.54, 1.807) is 12.1 Å². The molecule has 152 valence electrons. The van der Waals surface area contributed by atoms with Crippen molar-refractivity contribution in [3.8, 4) is 0 Å². The summed E-state index contributed by atoms with van der Waals surface area (Å²) in [5.41, 5.74) is 3.62. The van der Waals surface area contributed by atoms with Gasteiger partial charge >= 0.3 is 5.97 Å². The summed E-state index contributed by atoms with van der Waals surface area (Å²) in [4.78, 5) is 41.5. The van der Waals surface area contributed by atoms with Gasteiger partial charge in [-0.25, -0.2) is 4.98 Å². The Balaban J connectivity index is 1.68. The lowest BCUT2D eigenvalue weighted by molar-refractivity contribution is -0.143. The van der Waals surface area contributed by atoms with Crippen molar-refractivity contribution in [2.45, 2.75) is 47.2 Å². The molecule has 0 unspecified atom stereocenters. The minimum Gasteiger partial charge on any atom is -0.456 e. The second-order valence-corrected chi connectivity index (χ2v) is 7.17. The van der Waals surface area contributed by atoms with Gasteiger partial charge in [-0.2, -0.15) is 0 Å². The Kier molecular flexibility index (Phi) is 5.96. The first-order chi connectivity index (χ1) is 13.8. The van der Waals surface area contributed by atoms with Gasteiger partial charge < -0.3 is 9.30 Å². The Morgan fingerprint density at radius 2 is 1.93 bits per heavy atom. The van der Waals surface area contributed by atoms with Crippen LogP contribution in [-0.4, -0.2) is 32.5 Å². The van der Waals surface area contributed by atoms with Crippen LogP contribution in [0.4, 0.5) is 0 Å². The Morgan fingerprint density at radius 3 is 2.66 bits per heavy atom. The first-order valence-electron chi connectivity index (χ1n) is 9.63. The quantitative estimate of drug-likeness (QED) is 0.454. The van der Waals surface area contributed by atoms with E-state index in [0.29, 0.717) is 16.5 Å². The van der Waals surface area contributed by atoms with E-state index in [4.69, 9.17) is 4.74 Å². The summed E-state index contributed by atoms with van der Waals surface area (Å²) in [6, 6.07) is 7.14. The lowest BCUT2D eigenvalue weighted by Crippen LogP contribution is -2.27. The number of hydrogen-bond donors (Lipinski definition) is 0. The van der Waals surface area contributed by atoms with E-state index in [0.717, 1.165) is 29.9 Å². The highest BCUT2D eigenvalue weighted by Crippen LogP contribution is 2.16. The van der Waals surface area contributed by atoms with E-state index in [1.165, 1.54) is 10.9 Å². The van der Waals surface area contributed by atoms with Crippen LogP contribution >= 0.6 is 0 Å². The maximum atomic E-state index is 12.6. The van der Waals surface area contributed by atoms with Crippen LogP contribution in [-0.2, 0) is 22.6 Å². The lowest BCUT2D eigenvalue weighted by atomic mass is 10.1. The van der Waals surface area contributed by atoms with E-state index in [9.17, 15) is 14.4 Å². The molecule has 1 aromatic carbocycles. The second-order valence-electron chi connectivity index (χ2n) is 7.17. The number of ketones is 1. The van der Waals surface area contributed by atoms with Crippen LogP contribution in [0.1, 0.15) is 40.7 Å². The molecule has 2 aromatic heterocycles. The number of hydrogen-bond acceptors (Lipinski definition) is 5. The predicted molar refractivity (Wildman–Crippen MR) is 110 cm³/mol. The van der Waals surface area contributed by atoms with Crippen molar-refractivity contribution in [2.75, 3.05) is 6.61 Å². The molecule has 0 atom stereocenters. The van der Waals surface area contributed by atoms with Gasteiger partial charge in [0, 0.05) is 23.5 Å². The molecule has 0 fully saturated rings. The van der Waals surface area contributed by atoms with Crippen molar-refractivity contribution in [3.05, 3.63) is 63.5 Å². The minimum atomic E-state index is -0.656. The van der Waals surface area contributed by atoms with E-state index in [1.807, 2.05) is 32.9 Å². The monoisotopic (exact) mass is 395 g/mol. The molecule has 0 radical (unpaired) electrons. The third-order valence-electron chi connectivity index (χ3n) is 5.04. The van der Waals surface area contributed by atoms with Crippen LogP contribution in [0.3, 0.4) is 0 Å². The van der Waals surface area contributed by atoms with Gasteiger partial charge in [0.05, 0.1) is 17.2 Å². The molecule has 0 aliphatic carbocycles. The summed E-state index contributed by atoms with van der Waals surface area (Å²) in [7, 11) is 0. The first-order valence-corrected chi connectivity index (χ1v) is 9.63. The maximum absolute atomic E-state index is 12.6. The van der Waals surface area contributed by atoms with Crippen molar-refractivity contribution in [3.63, 3.8) is 0 Å². The average Bonchev–Trinajstić information content (AvgIpc) is 2.97. The van der Waals surface area contributed by atoms with E-state index in [-0.39, 0.29) is 24.5 Å². The molecule has 0 saturated heterocycles. The molecule has 2 heterocycles. The van der Waals surface area contributed by atoms with Crippen LogP contribution in [0.15, 0.2) is 35.4 Å². The number of nitrogens with zero attached hydrogens (tertiary/aromatic N) is 3. The Labute approximate surface area is 168 Å². The molecular formula is C22H25N3O4. The van der Waals surface area contributed by atoms with Gasteiger partial charge in [-0.3, -0.25) is 19.0 Å². The van der Waals surface area contributed by atoms with E-state index >= 15 is 0 Å². The fourth-order valence-corrected chi connectivity index (χ4v) is 3.51. The number of benzene rings is 1. The number of carbonyl (C=O) groups excluding carboxylic acids is 2. The van der Waals surface area contributed by atoms with Crippen LogP contribution in [0.25, 0.3) is 10.9 Å². The molecule has 7 nitrogen and oxygen atoms in total. The molecule has 0 amide bonds. The fourth-order valence-electron chi connectivity index (χ4n) is 3.51. The van der Waals surface area contributed by atoms with Gasteiger partial charge in [0.15, 0.2) is 6.61 Å². The summed E-state index contributed by atoms with van der Waals surface area (Å²) in [5.74, 6) is -0.912. The summed E-state index contributed by atoms with van der Waals surface area (Å²) in [5, 5.41) is 0.444. The van der Waals surface area contributed by atoms with Crippen molar-refractivity contribution >= 4 is 22.7 Å². The number of ether oxygens (including phenoxy) is 1. The normalized spacial score (nSPS) is 11.0. The molecular weight excluding hydrogens is 370 g/mol. The summed E-state index contributed by atoms with van der Waals surface area (Å²) in [6.45, 7) is 7.97. The molecule has 0 bridgehead atoms. The second kappa shape index (κ2) is 8.43. The van der Waals surface area contributed by atoms with Gasteiger partial charge in [0.25, 0.3) is 5.56 Å². The molecule has 29 heavy (non-hydrogen) atoms. The van der Waals surface area contributed by atoms with E-state index in [2.05, 4.69) is 16.5 Å². The number of Topliss-reactive ketones (excluding diaryl/α,β-unsaturated/α-hetero) is 1. The highest BCUT2D eigenvalue weighted by atomic mass is 16.5. The molecule has 0 spiro atoms. The van der Waals surface area contributed by atoms with Gasteiger partial charge in [0.2, 0.25) is 5.78 Å².